The first kappa shape index (κ1) is 20.3. The largest absolute Gasteiger partial charge is 0.493 e. The molecule has 3 rings (SSSR count). The number of likely N-dealkylation sites (tertiary alicyclic amines) is 1. The first-order chi connectivity index (χ1) is 13.2. The van der Waals surface area contributed by atoms with E-state index in [1.54, 1.807) is 0 Å². The predicted octanol–water partition coefficient (Wildman–Crippen LogP) is 3.88. The molecule has 2 aliphatic rings. The van der Waals surface area contributed by atoms with Crippen molar-refractivity contribution in [3.05, 3.63) is 29.3 Å². The second-order valence-electron chi connectivity index (χ2n) is 8.08. The summed E-state index contributed by atoms with van der Waals surface area (Å²) in [6, 6.07) is 7.38. The Balaban J connectivity index is 1.62. The van der Waals surface area contributed by atoms with Crippen molar-refractivity contribution in [2.75, 3.05) is 39.3 Å². The van der Waals surface area contributed by atoms with Crippen molar-refractivity contribution in [2.24, 2.45) is 0 Å². The quantitative estimate of drug-likeness (QED) is 0.552. The van der Waals surface area contributed by atoms with Crippen molar-refractivity contribution in [3.63, 3.8) is 0 Å². The fourth-order valence-electron chi connectivity index (χ4n) is 4.62. The summed E-state index contributed by atoms with van der Waals surface area (Å²) in [4.78, 5) is 16.1. The van der Waals surface area contributed by atoms with Crippen molar-refractivity contribution < 1.29 is 9.53 Å². The molecule has 0 bridgehead atoms. The number of nitrogens with zero attached hydrogens (tertiary/aromatic N) is 2. The van der Waals surface area contributed by atoms with Crippen LogP contribution < -0.4 is 4.74 Å². The molecule has 4 nitrogen and oxygen atoms in total. The van der Waals surface area contributed by atoms with Crippen LogP contribution >= 0.6 is 0 Å². The average Bonchev–Trinajstić information content (AvgIpc) is 3.32. The lowest BCUT2D eigenvalue weighted by molar-refractivity contribution is -0.108. The zero-order valence-corrected chi connectivity index (χ0v) is 17.2. The molecule has 27 heavy (non-hydrogen) atoms. The second kappa shape index (κ2) is 10.2. The van der Waals surface area contributed by atoms with Crippen LogP contribution in [0.1, 0.15) is 63.0 Å². The van der Waals surface area contributed by atoms with Crippen LogP contribution in [0.4, 0.5) is 0 Å². The molecule has 1 fully saturated rings. The molecule has 0 spiro atoms. The van der Waals surface area contributed by atoms with E-state index in [-0.39, 0.29) is 0 Å². The Hall–Kier alpha value is -1.39. The minimum absolute atomic E-state index is 0.582. The number of carbonyl (C=O) groups excluding carboxylic acids is 1. The third-order valence-electron chi connectivity index (χ3n) is 6.30. The molecule has 4 heteroatoms. The van der Waals surface area contributed by atoms with Gasteiger partial charge in [0.05, 0.1) is 6.61 Å². The van der Waals surface area contributed by atoms with Gasteiger partial charge in [-0.3, -0.25) is 4.90 Å². The van der Waals surface area contributed by atoms with Gasteiger partial charge in [0.25, 0.3) is 0 Å². The first-order valence-electron chi connectivity index (χ1n) is 10.9. The molecule has 0 N–H and O–H groups in total. The van der Waals surface area contributed by atoms with Gasteiger partial charge in [-0.1, -0.05) is 32.4 Å². The Morgan fingerprint density at radius 2 is 2.19 bits per heavy atom. The van der Waals surface area contributed by atoms with Crippen LogP contribution in [0.25, 0.3) is 0 Å². The highest BCUT2D eigenvalue weighted by molar-refractivity contribution is 5.49. The molecule has 2 atom stereocenters. The summed E-state index contributed by atoms with van der Waals surface area (Å²) in [5.41, 5.74) is 2.82. The van der Waals surface area contributed by atoms with Gasteiger partial charge in [-0.05, 0) is 62.0 Å². The van der Waals surface area contributed by atoms with Crippen LogP contribution in [0.3, 0.4) is 0 Å². The van der Waals surface area contributed by atoms with Gasteiger partial charge in [-0.15, -0.1) is 0 Å². The molecule has 2 aliphatic heterocycles. The molecule has 0 saturated carbocycles. The Morgan fingerprint density at radius 1 is 1.30 bits per heavy atom. The number of fused-ring (bicyclic) bond motifs is 1. The van der Waals surface area contributed by atoms with E-state index in [0.717, 1.165) is 44.7 Å². The maximum absolute atomic E-state index is 10.9. The van der Waals surface area contributed by atoms with Crippen molar-refractivity contribution in [2.45, 2.75) is 64.3 Å². The number of carbonyl (C=O) groups is 1. The molecule has 0 aromatic heterocycles. The zero-order chi connectivity index (χ0) is 19.1. The standard InChI is InChI=1S/C23H36N2O2/c1-3-5-11-24(4-2)13-9-22-17-21(18-25(22)12-6-14-26)19-7-8-23-20(16-19)10-15-27-23/h7-8,14,16,21-22H,3-6,9-13,15,17-18H2,1-2H3. The monoisotopic (exact) mass is 372 g/mol. The van der Waals surface area contributed by atoms with Crippen molar-refractivity contribution in [1.82, 2.24) is 9.80 Å². The van der Waals surface area contributed by atoms with Crippen molar-refractivity contribution in [3.8, 4) is 5.75 Å². The molecule has 1 saturated heterocycles. The number of benzene rings is 1. The fraction of sp³-hybridized carbons (Fsp3) is 0.696. The Morgan fingerprint density at radius 3 is 2.96 bits per heavy atom. The summed E-state index contributed by atoms with van der Waals surface area (Å²) in [5.74, 6) is 1.65. The van der Waals surface area contributed by atoms with Crippen LogP contribution in [0.2, 0.25) is 0 Å². The van der Waals surface area contributed by atoms with E-state index in [1.165, 1.54) is 49.9 Å². The SMILES string of the molecule is CCCCN(CC)CCC1CC(c2ccc3c(c2)CCO3)CN1CCC=O. The third kappa shape index (κ3) is 5.32. The van der Waals surface area contributed by atoms with Gasteiger partial charge in [0, 0.05) is 32.0 Å². The summed E-state index contributed by atoms with van der Waals surface area (Å²) in [7, 11) is 0. The normalized spacial score (nSPS) is 22.2. The smallest absolute Gasteiger partial charge is 0.122 e. The molecule has 2 heterocycles. The number of unbranched alkanes of at least 4 members (excludes halogenated alkanes) is 1. The average molecular weight is 373 g/mol. The lowest BCUT2D eigenvalue weighted by atomic mass is 9.93. The van der Waals surface area contributed by atoms with E-state index in [1.807, 2.05) is 0 Å². The number of ether oxygens (including phenoxy) is 1. The fourth-order valence-corrected chi connectivity index (χ4v) is 4.62. The minimum atomic E-state index is 0.582. The van der Waals surface area contributed by atoms with E-state index >= 15 is 0 Å². The number of aldehydes is 1. The number of hydrogen-bond acceptors (Lipinski definition) is 4. The van der Waals surface area contributed by atoms with Crippen LogP contribution in [-0.2, 0) is 11.2 Å². The minimum Gasteiger partial charge on any atom is -0.493 e. The summed E-state index contributed by atoms with van der Waals surface area (Å²) in [6.45, 7) is 10.9. The van der Waals surface area contributed by atoms with Crippen molar-refractivity contribution in [1.29, 1.82) is 0 Å². The Kier molecular flexibility index (Phi) is 7.71. The van der Waals surface area contributed by atoms with Crippen LogP contribution in [0.15, 0.2) is 18.2 Å². The molecular weight excluding hydrogens is 336 g/mol. The molecule has 150 valence electrons. The molecular formula is C23H36N2O2. The van der Waals surface area contributed by atoms with Gasteiger partial charge in [-0.25, -0.2) is 0 Å². The molecule has 0 amide bonds. The van der Waals surface area contributed by atoms with Gasteiger partial charge < -0.3 is 14.4 Å². The van der Waals surface area contributed by atoms with E-state index in [0.29, 0.717) is 18.4 Å². The lowest BCUT2D eigenvalue weighted by Gasteiger charge is -2.27. The molecule has 1 aromatic carbocycles. The predicted molar refractivity (Wildman–Crippen MR) is 111 cm³/mol. The summed E-state index contributed by atoms with van der Waals surface area (Å²) in [5, 5.41) is 0. The van der Waals surface area contributed by atoms with Crippen LogP contribution in [0, 0.1) is 0 Å². The van der Waals surface area contributed by atoms with Gasteiger partial charge >= 0.3 is 0 Å². The third-order valence-corrected chi connectivity index (χ3v) is 6.30. The first-order valence-corrected chi connectivity index (χ1v) is 10.9. The second-order valence-corrected chi connectivity index (χ2v) is 8.08. The maximum Gasteiger partial charge on any atom is 0.122 e. The molecule has 0 radical (unpaired) electrons. The molecule has 1 aromatic rings. The van der Waals surface area contributed by atoms with Gasteiger partial charge in [0.2, 0.25) is 0 Å². The highest BCUT2D eigenvalue weighted by atomic mass is 16.5. The Labute approximate surface area is 164 Å². The van der Waals surface area contributed by atoms with Gasteiger partial charge in [0.15, 0.2) is 0 Å². The van der Waals surface area contributed by atoms with Crippen molar-refractivity contribution >= 4 is 6.29 Å². The lowest BCUT2D eigenvalue weighted by Crippen LogP contribution is -2.35. The number of hydrogen-bond donors (Lipinski definition) is 0. The number of rotatable bonds is 11. The van der Waals surface area contributed by atoms with Gasteiger partial charge in [-0.2, -0.15) is 0 Å². The summed E-state index contributed by atoms with van der Waals surface area (Å²) >= 11 is 0. The Bertz CT molecular complexity index is 604. The van der Waals surface area contributed by atoms with E-state index in [9.17, 15) is 4.79 Å². The van der Waals surface area contributed by atoms with Crippen LogP contribution in [0.5, 0.6) is 5.75 Å². The molecule has 2 unspecified atom stereocenters. The topological polar surface area (TPSA) is 32.8 Å². The maximum atomic E-state index is 10.9. The summed E-state index contributed by atoms with van der Waals surface area (Å²) < 4.78 is 5.67. The van der Waals surface area contributed by atoms with E-state index in [2.05, 4.69) is 41.8 Å². The zero-order valence-electron chi connectivity index (χ0n) is 17.2. The molecule has 0 aliphatic carbocycles. The van der Waals surface area contributed by atoms with Crippen LogP contribution in [-0.4, -0.2) is 61.5 Å². The highest BCUT2D eigenvalue weighted by Crippen LogP contribution is 2.36. The van der Waals surface area contributed by atoms with Gasteiger partial charge in [0.1, 0.15) is 12.0 Å². The highest BCUT2D eigenvalue weighted by Gasteiger charge is 2.33. The van der Waals surface area contributed by atoms with E-state index in [4.69, 9.17) is 4.74 Å². The summed E-state index contributed by atoms with van der Waals surface area (Å²) in [6.07, 6.45) is 7.72. The van der Waals surface area contributed by atoms with E-state index < -0.39 is 0 Å².